The van der Waals surface area contributed by atoms with Gasteiger partial charge in [0, 0.05) is 0 Å². The SMILES string of the molecule is CC(=O)CNS(=O)(=O)c1ccc(F)c(F)c1. The summed E-state index contributed by atoms with van der Waals surface area (Å²) in [6.07, 6.45) is 0. The summed E-state index contributed by atoms with van der Waals surface area (Å²) < 4.78 is 50.2. The third-order valence-corrected chi connectivity index (χ3v) is 3.11. The fraction of sp³-hybridized carbons (Fsp3) is 0.222. The van der Waals surface area contributed by atoms with E-state index in [0.29, 0.717) is 12.1 Å². The van der Waals surface area contributed by atoms with E-state index in [1.807, 2.05) is 4.72 Å². The molecule has 0 saturated carbocycles. The van der Waals surface area contributed by atoms with Crippen LogP contribution in [0.15, 0.2) is 23.1 Å². The number of carbonyl (C=O) groups is 1. The second-order valence-corrected chi connectivity index (χ2v) is 4.87. The molecule has 0 aliphatic rings. The van der Waals surface area contributed by atoms with Crippen molar-refractivity contribution in [3.05, 3.63) is 29.8 Å². The number of Topliss-reactive ketones (excluding diaryl/α,β-unsaturated/α-hetero) is 1. The lowest BCUT2D eigenvalue weighted by atomic mass is 10.3. The van der Waals surface area contributed by atoms with Crippen LogP contribution in [0.1, 0.15) is 6.92 Å². The molecule has 0 aromatic heterocycles. The fourth-order valence-corrected chi connectivity index (χ4v) is 1.99. The zero-order valence-electron chi connectivity index (χ0n) is 8.33. The van der Waals surface area contributed by atoms with Gasteiger partial charge in [-0.1, -0.05) is 0 Å². The van der Waals surface area contributed by atoms with E-state index in [1.165, 1.54) is 6.92 Å². The molecule has 0 aliphatic carbocycles. The Labute approximate surface area is 91.3 Å². The quantitative estimate of drug-likeness (QED) is 0.859. The maximum absolute atomic E-state index is 12.8. The summed E-state index contributed by atoms with van der Waals surface area (Å²) in [6, 6.07) is 2.18. The molecule has 88 valence electrons. The molecule has 0 atom stereocenters. The molecule has 16 heavy (non-hydrogen) atoms. The molecule has 0 heterocycles. The predicted molar refractivity (Wildman–Crippen MR) is 52.2 cm³/mol. The molecule has 0 bridgehead atoms. The number of nitrogens with one attached hydrogen (secondary N) is 1. The Bertz CT molecular complexity index is 513. The summed E-state index contributed by atoms with van der Waals surface area (Å²) in [5.41, 5.74) is 0. The van der Waals surface area contributed by atoms with Gasteiger partial charge in [0.05, 0.1) is 11.4 Å². The molecular formula is C9H9F2NO3S. The van der Waals surface area contributed by atoms with Gasteiger partial charge in [-0.2, -0.15) is 0 Å². The van der Waals surface area contributed by atoms with E-state index in [1.54, 1.807) is 0 Å². The maximum Gasteiger partial charge on any atom is 0.241 e. The van der Waals surface area contributed by atoms with E-state index >= 15 is 0 Å². The molecule has 7 heteroatoms. The van der Waals surface area contributed by atoms with Crippen LogP contribution in [-0.2, 0) is 14.8 Å². The predicted octanol–water partition coefficient (Wildman–Crippen LogP) is 0.832. The second kappa shape index (κ2) is 4.67. The van der Waals surface area contributed by atoms with Gasteiger partial charge in [-0.15, -0.1) is 0 Å². The number of sulfonamides is 1. The second-order valence-electron chi connectivity index (χ2n) is 3.10. The molecule has 1 aromatic rings. The Morgan fingerprint density at radius 1 is 1.31 bits per heavy atom. The average molecular weight is 249 g/mol. The monoisotopic (exact) mass is 249 g/mol. The van der Waals surface area contributed by atoms with Crippen molar-refractivity contribution in [1.29, 1.82) is 0 Å². The topological polar surface area (TPSA) is 63.2 Å². The van der Waals surface area contributed by atoms with E-state index < -0.39 is 26.6 Å². The third kappa shape index (κ3) is 3.07. The van der Waals surface area contributed by atoms with Crippen molar-refractivity contribution in [2.45, 2.75) is 11.8 Å². The Morgan fingerprint density at radius 2 is 1.94 bits per heavy atom. The van der Waals surface area contributed by atoms with E-state index in [-0.39, 0.29) is 12.3 Å². The van der Waals surface area contributed by atoms with Gasteiger partial charge in [-0.3, -0.25) is 4.79 Å². The van der Waals surface area contributed by atoms with Gasteiger partial charge < -0.3 is 0 Å². The molecule has 4 nitrogen and oxygen atoms in total. The highest BCUT2D eigenvalue weighted by Gasteiger charge is 2.16. The van der Waals surface area contributed by atoms with Crippen LogP contribution in [-0.4, -0.2) is 20.7 Å². The third-order valence-electron chi connectivity index (χ3n) is 1.71. The van der Waals surface area contributed by atoms with Crippen molar-refractivity contribution in [2.75, 3.05) is 6.54 Å². The van der Waals surface area contributed by atoms with Crippen molar-refractivity contribution in [1.82, 2.24) is 4.72 Å². The lowest BCUT2D eigenvalue weighted by Crippen LogP contribution is -2.28. The standard InChI is InChI=1S/C9H9F2NO3S/c1-6(13)5-12-16(14,15)7-2-3-8(10)9(11)4-7/h2-4,12H,5H2,1H3. The largest absolute Gasteiger partial charge is 0.299 e. The normalized spacial score (nSPS) is 11.4. The van der Waals surface area contributed by atoms with Crippen LogP contribution >= 0.6 is 0 Å². The fourth-order valence-electron chi connectivity index (χ4n) is 0.924. The van der Waals surface area contributed by atoms with Gasteiger partial charge in [0.1, 0.15) is 5.78 Å². The lowest BCUT2D eigenvalue weighted by Gasteiger charge is -2.05. The van der Waals surface area contributed by atoms with Crippen LogP contribution in [0.2, 0.25) is 0 Å². The minimum atomic E-state index is -3.97. The Morgan fingerprint density at radius 3 is 2.44 bits per heavy atom. The minimum Gasteiger partial charge on any atom is -0.299 e. The van der Waals surface area contributed by atoms with Gasteiger partial charge in [0.2, 0.25) is 10.0 Å². The highest BCUT2D eigenvalue weighted by Crippen LogP contribution is 2.13. The van der Waals surface area contributed by atoms with E-state index in [9.17, 15) is 22.0 Å². The molecule has 1 N–H and O–H groups in total. The summed E-state index contributed by atoms with van der Waals surface area (Å²) in [7, 11) is -3.97. The maximum atomic E-state index is 12.8. The Kier molecular flexibility index (Phi) is 3.71. The van der Waals surface area contributed by atoms with Crippen molar-refractivity contribution < 1.29 is 22.0 Å². The zero-order valence-corrected chi connectivity index (χ0v) is 9.14. The van der Waals surface area contributed by atoms with Gasteiger partial charge >= 0.3 is 0 Å². The van der Waals surface area contributed by atoms with Crippen LogP contribution in [0.25, 0.3) is 0 Å². The average Bonchev–Trinajstić information content (AvgIpc) is 2.19. The molecule has 0 amide bonds. The number of carbonyl (C=O) groups excluding carboxylic acids is 1. The molecule has 0 radical (unpaired) electrons. The molecule has 0 fully saturated rings. The van der Waals surface area contributed by atoms with Crippen molar-refractivity contribution in [2.24, 2.45) is 0 Å². The van der Waals surface area contributed by atoms with Gasteiger partial charge in [0.15, 0.2) is 11.6 Å². The van der Waals surface area contributed by atoms with Crippen molar-refractivity contribution in [3.8, 4) is 0 Å². The van der Waals surface area contributed by atoms with Crippen molar-refractivity contribution in [3.63, 3.8) is 0 Å². The lowest BCUT2D eigenvalue weighted by molar-refractivity contribution is -0.115. The number of benzene rings is 1. The number of halogens is 2. The summed E-state index contributed by atoms with van der Waals surface area (Å²) in [5, 5.41) is 0. The first-order chi connectivity index (χ1) is 7.33. The van der Waals surface area contributed by atoms with Gasteiger partial charge in [0.25, 0.3) is 0 Å². The number of hydrogen-bond acceptors (Lipinski definition) is 3. The van der Waals surface area contributed by atoms with Crippen LogP contribution in [0.4, 0.5) is 8.78 Å². The number of ketones is 1. The smallest absolute Gasteiger partial charge is 0.241 e. The van der Waals surface area contributed by atoms with Crippen LogP contribution in [0.3, 0.4) is 0 Å². The molecular weight excluding hydrogens is 240 g/mol. The first-order valence-corrected chi connectivity index (χ1v) is 5.75. The molecule has 0 spiro atoms. The summed E-state index contributed by atoms with van der Waals surface area (Å²) in [5.74, 6) is -2.78. The van der Waals surface area contributed by atoms with Gasteiger partial charge in [-0.25, -0.2) is 21.9 Å². The number of hydrogen-bond donors (Lipinski definition) is 1. The zero-order chi connectivity index (χ0) is 12.3. The minimum absolute atomic E-state index is 0.383. The first kappa shape index (κ1) is 12.7. The molecule has 1 rings (SSSR count). The van der Waals surface area contributed by atoms with E-state index in [4.69, 9.17) is 0 Å². The summed E-state index contributed by atoms with van der Waals surface area (Å²) >= 11 is 0. The highest BCUT2D eigenvalue weighted by molar-refractivity contribution is 7.89. The molecule has 0 aliphatic heterocycles. The molecule has 0 saturated heterocycles. The van der Waals surface area contributed by atoms with Crippen molar-refractivity contribution >= 4 is 15.8 Å². The summed E-state index contributed by atoms with van der Waals surface area (Å²) in [6.45, 7) is 0.815. The Balaban J connectivity index is 2.99. The summed E-state index contributed by atoms with van der Waals surface area (Å²) in [4.78, 5) is 10.2. The van der Waals surface area contributed by atoms with Crippen LogP contribution < -0.4 is 4.72 Å². The highest BCUT2D eigenvalue weighted by atomic mass is 32.2. The van der Waals surface area contributed by atoms with Gasteiger partial charge in [-0.05, 0) is 25.1 Å². The van der Waals surface area contributed by atoms with Crippen LogP contribution in [0, 0.1) is 11.6 Å². The van der Waals surface area contributed by atoms with E-state index in [2.05, 4.69) is 0 Å². The first-order valence-electron chi connectivity index (χ1n) is 4.27. The molecule has 0 unspecified atom stereocenters. The molecule has 1 aromatic carbocycles. The Hall–Kier alpha value is -1.34. The van der Waals surface area contributed by atoms with Crippen LogP contribution in [0.5, 0.6) is 0 Å². The van der Waals surface area contributed by atoms with E-state index in [0.717, 1.165) is 6.07 Å². The number of rotatable bonds is 4.